The van der Waals surface area contributed by atoms with Gasteiger partial charge in [-0.1, -0.05) is 25.3 Å². The largest absolute Gasteiger partial charge is 0.493 e. The second-order valence-corrected chi connectivity index (χ2v) is 9.89. The van der Waals surface area contributed by atoms with Gasteiger partial charge in [-0.05, 0) is 89.4 Å². The summed E-state index contributed by atoms with van der Waals surface area (Å²) in [6.45, 7) is 5.27. The summed E-state index contributed by atoms with van der Waals surface area (Å²) in [5.74, 6) is 2.28. The van der Waals surface area contributed by atoms with Crippen LogP contribution < -0.4 is 14.8 Å². The van der Waals surface area contributed by atoms with Crippen molar-refractivity contribution in [1.29, 1.82) is 0 Å². The number of benzene rings is 1. The van der Waals surface area contributed by atoms with Crippen molar-refractivity contribution in [3.63, 3.8) is 0 Å². The molecule has 1 heterocycles. The van der Waals surface area contributed by atoms with E-state index in [1.807, 2.05) is 12.1 Å². The predicted molar refractivity (Wildman–Crippen MR) is 131 cm³/mol. The summed E-state index contributed by atoms with van der Waals surface area (Å²) in [6.07, 6.45) is 9.82. The van der Waals surface area contributed by atoms with Crippen molar-refractivity contribution in [2.45, 2.75) is 70.1 Å². The van der Waals surface area contributed by atoms with Gasteiger partial charge in [0.05, 0.1) is 7.11 Å². The van der Waals surface area contributed by atoms with Gasteiger partial charge in [-0.2, -0.15) is 0 Å². The van der Waals surface area contributed by atoms with Crippen LogP contribution in [0, 0.1) is 5.92 Å². The molecular formula is C26H45N3O3. The monoisotopic (exact) mass is 447 g/mol. The van der Waals surface area contributed by atoms with Gasteiger partial charge in [0, 0.05) is 19.1 Å². The Morgan fingerprint density at radius 2 is 1.88 bits per heavy atom. The first kappa shape index (κ1) is 25.3. The van der Waals surface area contributed by atoms with Gasteiger partial charge in [0.1, 0.15) is 12.7 Å². The van der Waals surface area contributed by atoms with Gasteiger partial charge in [-0.25, -0.2) is 0 Å². The maximum Gasteiger partial charge on any atom is 0.161 e. The summed E-state index contributed by atoms with van der Waals surface area (Å²) in [5, 5.41) is 14.1. The van der Waals surface area contributed by atoms with Gasteiger partial charge >= 0.3 is 0 Å². The number of nitrogens with one attached hydrogen (secondary N) is 1. The quantitative estimate of drug-likeness (QED) is 0.478. The van der Waals surface area contributed by atoms with Gasteiger partial charge in [-0.3, -0.25) is 0 Å². The minimum absolute atomic E-state index is 0.279. The number of aliphatic hydroxyl groups is 1. The lowest BCUT2D eigenvalue weighted by molar-refractivity contribution is 0.0553. The van der Waals surface area contributed by atoms with E-state index in [1.54, 1.807) is 7.11 Å². The Morgan fingerprint density at radius 3 is 2.59 bits per heavy atom. The third kappa shape index (κ3) is 8.22. The molecule has 1 aromatic rings. The molecule has 1 atom stereocenters. The van der Waals surface area contributed by atoms with Gasteiger partial charge in [0.15, 0.2) is 11.5 Å². The van der Waals surface area contributed by atoms with Crippen LogP contribution >= 0.6 is 0 Å². The summed E-state index contributed by atoms with van der Waals surface area (Å²) >= 11 is 0. The van der Waals surface area contributed by atoms with Crippen molar-refractivity contribution in [1.82, 2.24) is 15.1 Å². The molecule has 2 fully saturated rings. The van der Waals surface area contributed by atoms with E-state index < -0.39 is 6.10 Å². The van der Waals surface area contributed by atoms with Crippen molar-refractivity contribution < 1.29 is 14.6 Å². The molecule has 0 amide bonds. The number of aliphatic hydroxyl groups excluding tert-OH is 1. The van der Waals surface area contributed by atoms with Gasteiger partial charge in [-0.15, -0.1) is 0 Å². The molecule has 1 aliphatic carbocycles. The molecule has 182 valence electrons. The Morgan fingerprint density at radius 1 is 1.12 bits per heavy atom. The van der Waals surface area contributed by atoms with Crippen LogP contribution in [0.2, 0.25) is 0 Å². The SMILES string of the molecule is COc1cc(CNCCC2CCN(C)CC2)ccc1OC[C@@H](O)CN(C)C1CCCCC1. The van der Waals surface area contributed by atoms with Crippen LogP contribution in [-0.4, -0.2) is 81.0 Å². The first-order valence-corrected chi connectivity index (χ1v) is 12.6. The lowest BCUT2D eigenvalue weighted by Gasteiger charge is -2.32. The normalized spacial score (nSPS) is 19.9. The van der Waals surface area contributed by atoms with E-state index >= 15 is 0 Å². The van der Waals surface area contributed by atoms with E-state index in [-0.39, 0.29) is 6.61 Å². The van der Waals surface area contributed by atoms with Crippen molar-refractivity contribution in [3.05, 3.63) is 23.8 Å². The Hall–Kier alpha value is -1.34. The summed E-state index contributed by atoms with van der Waals surface area (Å²) in [7, 11) is 6.01. The zero-order valence-electron chi connectivity index (χ0n) is 20.5. The van der Waals surface area contributed by atoms with Crippen LogP contribution in [0.15, 0.2) is 18.2 Å². The number of piperidine rings is 1. The third-order valence-electron chi connectivity index (χ3n) is 7.25. The molecule has 6 heteroatoms. The fraction of sp³-hybridized carbons (Fsp3) is 0.769. The lowest BCUT2D eigenvalue weighted by Crippen LogP contribution is -2.40. The van der Waals surface area contributed by atoms with E-state index in [9.17, 15) is 5.11 Å². The van der Waals surface area contributed by atoms with Crippen LogP contribution in [0.1, 0.15) is 56.9 Å². The third-order valence-corrected chi connectivity index (χ3v) is 7.25. The Bertz CT molecular complexity index is 658. The van der Waals surface area contributed by atoms with Crippen LogP contribution in [0.25, 0.3) is 0 Å². The number of methoxy groups -OCH3 is 1. The van der Waals surface area contributed by atoms with Crippen molar-refractivity contribution in [3.8, 4) is 11.5 Å². The summed E-state index contributed by atoms with van der Waals surface area (Å²) in [5.41, 5.74) is 1.19. The first-order valence-electron chi connectivity index (χ1n) is 12.6. The van der Waals surface area contributed by atoms with E-state index in [4.69, 9.17) is 9.47 Å². The fourth-order valence-corrected chi connectivity index (χ4v) is 5.07. The molecule has 2 N–H and O–H groups in total. The lowest BCUT2D eigenvalue weighted by atomic mass is 9.94. The smallest absolute Gasteiger partial charge is 0.161 e. The molecule has 0 spiro atoms. The van der Waals surface area contributed by atoms with Crippen molar-refractivity contribution >= 4 is 0 Å². The topological polar surface area (TPSA) is 57.2 Å². The highest BCUT2D eigenvalue weighted by Gasteiger charge is 2.21. The van der Waals surface area contributed by atoms with Crippen molar-refractivity contribution in [2.75, 3.05) is 54.0 Å². The fourth-order valence-electron chi connectivity index (χ4n) is 5.07. The molecule has 0 bridgehead atoms. The molecule has 1 aliphatic heterocycles. The zero-order valence-corrected chi connectivity index (χ0v) is 20.5. The summed E-state index contributed by atoms with van der Waals surface area (Å²) < 4.78 is 11.5. The number of ether oxygens (including phenoxy) is 2. The Kier molecular flexibility index (Phi) is 10.6. The molecule has 1 saturated carbocycles. The maximum absolute atomic E-state index is 10.5. The molecule has 32 heavy (non-hydrogen) atoms. The number of hydrogen-bond donors (Lipinski definition) is 2. The van der Waals surface area contributed by atoms with Gasteiger partial charge < -0.3 is 29.7 Å². The molecule has 0 radical (unpaired) electrons. The standard InChI is InChI=1S/C26H45N3O3/c1-28-15-12-21(13-16-28)11-14-27-18-22-9-10-25(26(17-22)31-3)32-20-24(30)19-29(2)23-7-5-4-6-8-23/h9-10,17,21,23-24,27,30H,4-8,11-16,18-20H2,1-3H3/t24-/m0/s1. The van der Waals surface area contributed by atoms with Crippen LogP contribution in [0.5, 0.6) is 11.5 Å². The number of nitrogens with zero attached hydrogens (tertiary/aromatic N) is 2. The maximum atomic E-state index is 10.5. The molecule has 6 nitrogen and oxygen atoms in total. The number of hydrogen-bond acceptors (Lipinski definition) is 6. The van der Waals surface area contributed by atoms with Gasteiger partial charge in [0.25, 0.3) is 0 Å². The van der Waals surface area contributed by atoms with Crippen LogP contribution in [0.4, 0.5) is 0 Å². The molecule has 3 rings (SSSR count). The number of rotatable bonds is 12. The zero-order chi connectivity index (χ0) is 22.8. The Balaban J connectivity index is 1.38. The number of likely N-dealkylation sites (tertiary alicyclic amines) is 1. The highest BCUT2D eigenvalue weighted by atomic mass is 16.5. The van der Waals surface area contributed by atoms with Crippen molar-refractivity contribution in [2.24, 2.45) is 5.92 Å². The Labute approximate surface area is 195 Å². The van der Waals surface area contributed by atoms with Gasteiger partial charge in [0.2, 0.25) is 0 Å². The van der Waals surface area contributed by atoms with E-state index in [1.165, 1.54) is 70.0 Å². The van der Waals surface area contributed by atoms with Crippen LogP contribution in [0.3, 0.4) is 0 Å². The predicted octanol–water partition coefficient (Wildman–Crippen LogP) is 3.52. The average Bonchev–Trinajstić information content (AvgIpc) is 2.82. The van der Waals surface area contributed by atoms with E-state index in [2.05, 4.69) is 35.3 Å². The molecule has 2 aliphatic rings. The van der Waals surface area contributed by atoms with E-state index in [0.717, 1.165) is 24.8 Å². The second-order valence-electron chi connectivity index (χ2n) is 9.89. The molecular weight excluding hydrogens is 402 g/mol. The molecule has 0 aromatic heterocycles. The van der Waals surface area contributed by atoms with Crippen LogP contribution in [-0.2, 0) is 6.54 Å². The van der Waals surface area contributed by atoms with E-state index in [0.29, 0.717) is 18.3 Å². The molecule has 1 aromatic carbocycles. The first-order chi connectivity index (χ1) is 15.5. The summed E-state index contributed by atoms with van der Waals surface area (Å²) in [6, 6.07) is 6.68. The highest BCUT2D eigenvalue weighted by molar-refractivity contribution is 5.43. The average molecular weight is 448 g/mol. The number of likely N-dealkylation sites (N-methyl/N-ethyl adjacent to an activating group) is 1. The minimum Gasteiger partial charge on any atom is -0.493 e. The molecule has 1 saturated heterocycles. The summed E-state index contributed by atoms with van der Waals surface area (Å²) in [4.78, 5) is 4.72. The molecule has 0 unspecified atom stereocenters. The minimum atomic E-state index is -0.507. The second kappa shape index (κ2) is 13.4. The highest BCUT2D eigenvalue weighted by Crippen LogP contribution is 2.28.